The van der Waals surface area contributed by atoms with Crippen molar-refractivity contribution in [1.82, 2.24) is 0 Å². The molecule has 0 saturated heterocycles. The molecule has 0 saturated carbocycles. The van der Waals surface area contributed by atoms with E-state index in [2.05, 4.69) is 4.99 Å². The Morgan fingerprint density at radius 1 is 1.47 bits per heavy atom. The van der Waals surface area contributed by atoms with Gasteiger partial charge in [0.2, 0.25) is 0 Å². The van der Waals surface area contributed by atoms with Crippen LogP contribution in [-0.2, 0) is 4.79 Å². The van der Waals surface area contributed by atoms with Crippen LogP contribution in [0.4, 0.5) is 0 Å². The number of thioether (sulfide) groups is 1. The summed E-state index contributed by atoms with van der Waals surface area (Å²) >= 11 is 1.51. The summed E-state index contributed by atoms with van der Waals surface area (Å²) in [6.45, 7) is 2.02. The second-order valence-corrected chi connectivity index (χ2v) is 4.47. The maximum Gasteiger partial charge on any atom is 0.329 e. The van der Waals surface area contributed by atoms with Gasteiger partial charge in [0.1, 0.15) is 0 Å². The molecule has 1 atom stereocenters. The Balaban J connectivity index is 2.22. The van der Waals surface area contributed by atoms with E-state index in [0.29, 0.717) is 5.75 Å². The number of rotatable bonds is 2. The highest BCUT2D eigenvalue weighted by atomic mass is 32.2. The zero-order chi connectivity index (χ0) is 10.8. The molecule has 0 aliphatic carbocycles. The zero-order valence-corrected chi connectivity index (χ0v) is 9.12. The minimum Gasteiger partial charge on any atom is -0.480 e. The Morgan fingerprint density at radius 2 is 2.13 bits per heavy atom. The highest BCUT2D eigenvalue weighted by Crippen LogP contribution is 2.23. The summed E-state index contributed by atoms with van der Waals surface area (Å²) < 4.78 is 0. The third-order valence-corrected chi connectivity index (χ3v) is 3.33. The molecule has 1 aliphatic heterocycles. The van der Waals surface area contributed by atoms with E-state index in [1.54, 1.807) is 0 Å². The van der Waals surface area contributed by atoms with Crippen LogP contribution in [0.1, 0.15) is 11.1 Å². The minimum atomic E-state index is -0.843. The molecule has 0 fully saturated rings. The topological polar surface area (TPSA) is 49.7 Å². The summed E-state index contributed by atoms with van der Waals surface area (Å²) in [6.07, 6.45) is 0. The fraction of sp³-hybridized carbons (Fsp3) is 0.273. The smallest absolute Gasteiger partial charge is 0.329 e. The molecule has 3 nitrogen and oxygen atoms in total. The molecule has 1 aromatic rings. The maximum atomic E-state index is 10.7. The van der Waals surface area contributed by atoms with E-state index < -0.39 is 12.0 Å². The first-order valence-electron chi connectivity index (χ1n) is 4.67. The van der Waals surface area contributed by atoms with Crippen molar-refractivity contribution < 1.29 is 9.90 Å². The number of carboxylic acid groups (broad SMARTS) is 1. The predicted octanol–water partition coefficient (Wildman–Crippen LogP) is 1.94. The highest BCUT2D eigenvalue weighted by Gasteiger charge is 2.24. The van der Waals surface area contributed by atoms with Crippen LogP contribution >= 0.6 is 11.8 Å². The Hall–Kier alpha value is -1.29. The molecule has 1 aliphatic rings. The van der Waals surface area contributed by atoms with Crippen LogP contribution in [0.3, 0.4) is 0 Å². The Morgan fingerprint density at radius 3 is 2.67 bits per heavy atom. The third-order valence-electron chi connectivity index (χ3n) is 2.23. The van der Waals surface area contributed by atoms with E-state index in [0.717, 1.165) is 10.6 Å². The molecular formula is C11H11NO2S. The Bertz CT molecular complexity index is 411. The lowest BCUT2D eigenvalue weighted by Crippen LogP contribution is -2.17. The molecule has 0 spiro atoms. The lowest BCUT2D eigenvalue weighted by atomic mass is 10.2. The van der Waals surface area contributed by atoms with Crippen molar-refractivity contribution in [3.05, 3.63) is 35.4 Å². The fourth-order valence-corrected chi connectivity index (χ4v) is 2.39. The van der Waals surface area contributed by atoms with Gasteiger partial charge in [0.05, 0.1) is 5.04 Å². The molecule has 0 aromatic heterocycles. The van der Waals surface area contributed by atoms with Gasteiger partial charge in [-0.2, -0.15) is 0 Å². The number of aliphatic carboxylic acids is 1. The van der Waals surface area contributed by atoms with Crippen LogP contribution in [-0.4, -0.2) is 27.9 Å². The molecule has 1 N–H and O–H groups in total. The third kappa shape index (κ3) is 2.21. The summed E-state index contributed by atoms with van der Waals surface area (Å²) in [5.41, 5.74) is 2.20. The van der Waals surface area contributed by atoms with Crippen LogP contribution < -0.4 is 0 Å². The number of hydrogen-bond acceptors (Lipinski definition) is 3. The van der Waals surface area contributed by atoms with Crippen LogP contribution in [0.15, 0.2) is 29.3 Å². The summed E-state index contributed by atoms with van der Waals surface area (Å²) in [5.74, 6) is -0.303. The van der Waals surface area contributed by atoms with Gasteiger partial charge in [0.25, 0.3) is 0 Å². The quantitative estimate of drug-likeness (QED) is 0.830. The van der Waals surface area contributed by atoms with Gasteiger partial charge >= 0.3 is 5.97 Å². The van der Waals surface area contributed by atoms with Crippen LogP contribution in [0.5, 0.6) is 0 Å². The first-order valence-corrected chi connectivity index (χ1v) is 5.66. The molecule has 1 unspecified atom stereocenters. The van der Waals surface area contributed by atoms with Crippen molar-refractivity contribution in [2.45, 2.75) is 13.0 Å². The van der Waals surface area contributed by atoms with Crippen molar-refractivity contribution in [2.75, 3.05) is 5.75 Å². The number of hydrogen-bond donors (Lipinski definition) is 1. The molecule has 15 heavy (non-hydrogen) atoms. The molecule has 1 heterocycles. The Kier molecular flexibility index (Phi) is 2.77. The summed E-state index contributed by atoms with van der Waals surface area (Å²) in [7, 11) is 0. The second-order valence-electron chi connectivity index (χ2n) is 3.47. The monoisotopic (exact) mass is 221 g/mol. The van der Waals surface area contributed by atoms with E-state index >= 15 is 0 Å². The predicted molar refractivity (Wildman–Crippen MR) is 61.6 cm³/mol. The van der Waals surface area contributed by atoms with Gasteiger partial charge in [-0.25, -0.2) is 4.79 Å². The molecule has 4 heteroatoms. The molecular weight excluding hydrogens is 210 g/mol. The van der Waals surface area contributed by atoms with Gasteiger partial charge in [0.15, 0.2) is 6.04 Å². The van der Waals surface area contributed by atoms with Crippen molar-refractivity contribution in [3.63, 3.8) is 0 Å². The normalized spacial score (nSPS) is 20.1. The Labute approximate surface area is 92.2 Å². The summed E-state index contributed by atoms with van der Waals surface area (Å²) in [6, 6.07) is 7.39. The largest absolute Gasteiger partial charge is 0.480 e. The number of aliphatic imine (C=N–C) groups is 1. The zero-order valence-electron chi connectivity index (χ0n) is 8.30. The average molecular weight is 221 g/mol. The van der Waals surface area contributed by atoms with Gasteiger partial charge in [-0.15, -0.1) is 11.8 Å². The number of carbonyl (C=O) groups is 1. The molecule has 2 rings (SSSR count). The number of aryl methyl sites for hydroxylation is 1. The van der Waals surface area contributed by atoms with Gasteiger partial charge in [-0.1, -0.05) is 29.8 Å². The van der Waals surface area contributed by atoms with Gasteiger partial charge in [0, 0.05) is 11.3 Å². The van der Waals surface area contributed by atoms with E-state index in [-0.39, 0.29) is 0 Å². The van der Waals surface area contributed by atoms with Crippen molar-refractivity contribution in [2.24, 2.45) is 4.99 Å². The van der Waals surface area contributed by atoms with Gasteiger partial charge < -0.3 is 5.11 Å². The van der Waals surface area contributed by atoms with E-state index in [1.807, 2.05) is 31.2 Å². The second kappa shape index (κ2) is 4.06. The molecule has 0 amide bonds. The first kappa shape index (κ1) is 10.2. The average Bonchev–Trinajstić information content (AvgIpc) is 2.68. The summed E-state index contributed by atoms with van der Waals surface area (Å²) in [4.78, 5) is 14.9. The van der Waals surface area contributed by atoms with Crippen molar-refractivity contribution in [1.29, 1.82) is 0 Å². The number of nitrogens with zero attached hydrogens (tertiary/aromatic N) is 1. The first-order chi connectivity index (χ1) is 7.16. The van der Waals surface area contributed by atoms with E-state index in [9.17, 15) is 4.79 Å². The standard InChI is InChI=1S/C11H11NO2S/c1-7-2-4-8(5-3-7)10-12-9(6-15-10)11(13)14/h2-5,9H,6H2,1H3,(H,13,14). The SMILES string of the molecule is Cc1ccc(C2=NC(C(=O)O)CS2)cc1. The maximum absolute atomic E-state index is 10.7. The lowest BCUT2D eigenvalue weighted by molar-refractivity contribution is -0.137. The molecule has 78 valence electrons. The molecule has 0 radical (unpaired) electrons. The molecule has 1 aromatic carbocycles. The number of benzene rings is 1. The van der Waals surface area contributed by atoms with Crippen LogP contribution in [0, 0.1) is 6.92 Å². The highest BCUT2D eigenvalue weighted by molar-refractivity contribution is 8.14. The summed E-state index contributed by atoms with van der Waals surface area (Å²) in [5, 5.41) is 9.64. The lowest BCUT2D eigenvalue weighted by Gasteiger charge is -1.99. The van der Waals surface area contributed by atoms with E-state index in [1.165, 1.54) is 17.3 Å². The fourth-order valence-electron chi connectivity index (χ4n) is 1.35. The van der Waals surface area contributed by atoms with Crippen molar-refractivity contribution in [3.8, 4) is 0 Å². The van der Waals surface area contributed by atoms with E-state index in [4.69, 9.17) is 5.11 Å². The minimum absolute atomic E-state index is 0.540. The van der Waals surface area contributed by atoms with Crippen LogP contribution in [0.2, 0.25) is 0 Å². The van der Waals surface area contributed by atoms with Crippen molar-refractivity contribution >= 4 is 22.8 Å². The van der Waals surface area contributed by atoms with Gasteiger partial charge in [-0.3, -0.25) is 4.99 Å². The van der Waals surface area contributed by atoms with Gasteiger partial charge in [-0.05, 0) is 6.92 Å². The number of carboxylic acids is 1. The molecule has 0 bridgehead atoms. The van der Waals surface area contributed by atoms with Crippen LogP contribution in [0.25, 0.3) is 0 Å².